The molecule has 14 heteroatoms. The van der Waals surface area contributed by atoms with Gasteiger partial charge in [0.2, 0.25) is 0 Å². The number of nitro benzene ring substituents is 1. The Morgan fingerprint density at radius 2 is 2.00 bits per heavy atom. The quantitative estimate of drug-likeness (QED) is 0.163. The van der Waals surface area contributed by atoms with Gasteiger partial charge in [0.25, 0.3) is 11.6 Å². The normalized spacial score (nSPS) is 9.38. The first-order valence-electron chi connectivity index (χ1n) is 7.38. The molecule has 0 saturated heterocycles. The highest BCUT2D eigenvalue weighted by Crippen LogP contribution is 2.24. The molecule has 0 aliphatic rings. The summed E-state index contributed by atoms with van der Waals surface area (Å²) in [5.41, 5.74) is 11.7. The van der Waals surface area contributed by atoms with Gasteiger partial charge < -0.3 is 22.3 Å². The highest BCUT2D eigenvalue weighted by atomic mass is 79.9. The Kier molecular flexibility index (Phi) is 9.86. The number of amides is 1. The van der Waals surface area contributed by atoms with E-state index in [4.69, 9.17) is 11.5 Å². The zero-order valence-electron chi connectivity index (χ0n) is 14.7. The van der Waals surface area contributed by atoms with Crippen molar-refractivity contribution >= 4 is 68.2 Å². The van der Waals surface area contributed by atoms with Crippen molar-refractivity contribution in [1.29, 1.82) is 0 Å². The number of hydrogen-bond acceptors (Lipinski definition) is 6. The Hall–Kier alpha value is -3.10. The first-order valence-corrected chi connectivity index (χ1v) is 7.38. The molecule has 8 N–H and O–H groups in total. The maximum atomic E-state index is 12.5. The largest absolute Gasteiger partial charge is 0.412 e. The van der Waals surface area contributed by atoms with Crippen LogP contribution in [0.15, 0.2) is 41.7 Å². The van der Waals surface area contributed by atoms with Gasteiger partial charge in [-0.1, -0.05) is 0 Å². The molecule has 0 spiro atoms. The van der Waals surface area contributed by atoms with E-state index in [1.54, 1.807) is 6.07 Å². The van der Waals surface area contributed by atoms with Crippen molar-refractivity contribution in [1.82, 2.24) is 15.2 Å². The number of anilines is 1. The number of halogens is 2. The van der Waals surface area contributed by atoms with Crippen LogP contribution in [0, 0.1) is 10.1 Å². The van der Waals surface area contributed by atoms with Crippen molar-refractivity contribution in [2.75, 3.05) is 5.32 Å². The Bertz CT molecular complexity index is 1040. The summed E-state index contributed by atoms with van der Waals surface area (Å²) in [5, 5.41) is 21.2. The molecule has 29 heavy (non-hydrogen) atoms. The summed E-state index contributed by atoms with van der Waals surface area (Å²) >= 11 is 0. The van der Waals surface area contributed by atoms with Crippen molar-refractivity contribution in [2.24, 2.45) is 16.5 Å². The van der Waals surface area contributed by atoms with Gasteiger partial charge in [0, 0.05) is 17.8 Å². The maximum absolute atomic E-state index is 12.5. The van der Waals surface area contributed by atoms with Crippen molar-refractivity contribution in [2.45, 2.75) is 6.54 Å². The number of nitrogens with zero attached hydrogens (tertiary/aromatic N) is 4. The van der Waals surface area contributed by atoms with Gasteiger partial charge in [0.15, 0.2) is 11.6 Å². The van der Waals surface area contributed by atoms with Crippen LogP contribution in [-0.4, -0.2) is 37.4 Å². The molecule has 0 bridgehead atoms. The van der Waals surface area contributed by atoms with Gasteiger partial charge in [-0.15, -0.1) is 34.0 Å². The van der Waals surface area contributed by atoms with E-state index >= 15 is 0 Å². The Labute approximate surface area is 184 Å². The number of guanidine groups is 1. The predicted molar refractivity (Wildman–Crippen MR) is 119 cm³/mol. The van der Waals surface area contributed by atoms with Crippen LogP contribution in [0.1, 0.15) is 15.9 Å². The second kappa shape index (κ2) is 11.0. The topological polar surface area (TPSA) is 210 Å². The first-order chi connectivity index (χ1) is 12.5. The number of pyridine rings is 1. The molecule has 3 rings (SSSR count). The number of aromatic amines is 1. The lowest BCUT2D eigenvalue weighted by atomic mass is 10.1. The second-order valence-corrected chi connectivity index (χ2v) is 5.29. The first kappa shape index (κ1) is 25.9. The fraction of sp³-hybridized carbons (Fsp3) is 0.0667. The Morgan fingerprint density at radius 3 is 2.66 bits per heavy atom. The van der Waals surface area contributed by atoms with Gasteiger partial charge in [-0.05, 0) is 18.2 Å². The smallest absolute Gasteiger partial charge is 0.275 e. The number of aromatic nitrogens is 3. The fourth-order valence-electron chi connectivity index (χ4n) is 2.34. The SMILES string of the molecule is Br.Br.NC(N)=NCc1ccc(C(=O)Nc2ccnc3[nH]ncc23)cc1[N+](=O)[O-].O. The van der Waals surface area contributed by atoms with E-state index < -0.39 is 10.8 Å². The van der Waals surface area contributed by atoms with Gasteiger partial charge in [0.1, 0.15) is 0 Å². The van der Waals surface area contributed by atoms with E-state index in [-0.39, 0.29) is 63.2 Å². The average molecular weight is 534 g/mol. The summed E-state index contributed by atoms with van der Waals surface area (Å²) in [5.74, 6) is -0.682. The maximum Gasteiger partial charge on any atom is 0.275 e. The molecule has 0 unspecified atom stereocenters. The zero-order valence-corrected chi connectivity index (χ0v) is 18.1. The molecule has 2 aromatic heterocycles. The Balaban J connectivity index is 0.00000261. The molecular formula is C15H18Br2N8O4. The molecule has 156 valence electrons. The number of aliphatic imine (C=N–C) groups is 1. The lowest BCUT2D eigenvalue weighted by Gasteiger charge is -2.07. The molecule has 1 aromatic carbocycles. The van der Waals surface area contributed by atoms with Crippen LogP contribution in [0.2, 0.25) is 0 Å². The van der Waals surface area contributed by atoms with Crippen LogP contribution in [0.25, 0.3) is 11.0 Å². The molecule has 3 aromatic rings. The number of benzene rings is 1. The van der Waals surface area contributed by atoms with Gasteiger partial charge in [-0.2, -0.15) is 5.10 Å². The standard InChI is InChI=1S/C15H14N8O3.2BrH.H2O/c16-15(17)19-6-9-2-1-8(5-12(9)23(25)26)14(24)21-11-3-4-18-13-10(11)7-20-22-13;;;/h1-5,7H,6H2,(H4,16,17,19)(H2,18,20,21,22,24);2*1H;1H2. The summed E-state index contributed by atoms with van der Waals surface area (Å²) in [7, 11) is 0. The predicted octanol–water partition coefficient (Wildman–Crippen LogP) is 1.22. The van der Waals surface area contributed by atoms with Gasteiger partial charge in [0.05, 0.1) is 34.3 Å². The van der Waals surface area contributed by atoms with E-state index in [0.717, 1.165) is 0 Å². The Morgan fingerprint density at radius 1 is 1.28 bits per heavy atom. The van der Waals surface area contributed by atoms with Crippen LogP contribution >= 0.6 is 34.0 Å². The summed E-state index contributed by atoms with van der Waals surface area (Å²) < 4.78 is 0. The van der Waals surface area contributed by atoms with E-state index in [1.165, 1.54) is 30.6 Å². The molecule has 0 saturated carbocycles. The molecule has 0 radical (unpaired) electrons. The van der Waals surface area contributed by atoms with Crippen LogP contribution in [0.4, 0.5) is 11.4 Å². The van der Waals surface area contributed by atoms with Crippen LogP contribution in [0.3, 0.4) is 0 Å². The van der Waals surface area contributed by atoms with Gasteiger partial charge in [-0.25, -0.2) is 9.98 Å². The van der Waals surface area contributed by atoms with E-state index in [2.05, 4.69) is 25.5 Å². The third-order valence-electron chi connectivity index (χ3n) is 3.58. The second-order valence-electron chi connectivity index (χ2n) is 5.29. The average Bonchev–Trinajstić information content (AvgIpc) is 3.09. The number of carbonyl (C=O) groups excluding carboxylic acids is 1. The number of nitro groups is 1. The van der Waals surface area contributed by atoms with E-state index in [9.17, 15) is 14.9 Å². The molecule has 0 aliphatic carbocycles. The van der Waals surface area contributed by atoms with Crippen LogP contribution in [0.5, 0.6) is 0 Å². The zero-order chi connectivity index (χ0) is 18.7. The number of hydrogen-bond donors (Lipinski definition) is 4. The minimum Gasteiger partial charge on any atom is -0.412 e. The minimum atomic E-state index is -0.588. The number of carbonyl (C=O) groups is 1. The van der Waals surface area contributed by atoms with Crippen LogP contribution in [-0.2, 0) is 6.54 Å². The monoisotopic (exact) mass is 532 g/mol. The van der Waals surface area contributed by atoms with Crippen molar-refractivity contribution in [3.05, 3.63) is 57.9 Å². The molecule has 0 atom stereocenters. The van der Waals surface area contributed by atoms with Crippen molar-refractivity contribution < 1.29 is 15.2 Å². The fourth-order valence-corrected chi connectivity index (χ4v) is 2.34. The molecule has 0 fully saturated rings. The highest BCUT2D eigenvalue weighted by Gasteiger charge is 2.18. The van der Waals surface area contributed by atoms with Crippen molar-refractivity contribution in [3.8, 4) is 0 Å². The molecular weight excluding hydrogens is 516 g/mol. The lowest BCUT2D eigenvalue weighted by molar-refractivity contribution is -0.385. The van der Waals surface area contributed by atoms with Crippen molar-refractivity contribution in [3.63, 3.8) is 0 Å². The lowest BCUT2D eigenvalue weighted by Crippen LogP contribution is -2.22. The summed E-state index contributed by atoms with van der Waals surface area (Å²) in [6.07, 6.45) is 3.04. The summed E-state index contributed by atoms with van der Waals surface area (Å²) in [6, 6.07) is 5.70. The number of rotatable bonds is 5. The number of nitrogens with two attached hydrogens (primary N) is 2. The molecule has 0 aliphatic heterocycles. The number of fused-ring (bicyclic) bond motifs is 1. The summed E-state index contributed by atoms with van der Waals surface area (Å²) in [4.78, 5) is 31.0. The number of H-pyrrole nitrogens is 1. The minimum absolute atomic E-state index is 0. The highest BCUT2D eigenvalue weighted by molar-refractivity contribution is 8.93. The van der Waals surface area contributed by atoms with E-state index in [0.29, 0.717) is 22.3 Å². The molecule has 12 nitrogen and oxygen atoms in total. The molecule has 1 amide bonds. The molecule has 2 heterocycles. The number of nitrogens with one attached hydrogen (secondary N) is 2. The van der Waals surface area contributed by atoms with Gasteiger partial charge in [-0.3, -0.25) is 20.0 Å². The third-order valence-corrected chi connectivity index (χ3v) is 3.58. The van der Waals surface area contributed by atoms with E-state index in [1.807, 2.05) is 0 Å². The van der Waals surface area contributed by atoms with Gasteiger partial charge >= 0.3 is 0 Å². The summed E-state index contributed by atoms with van der Waals surface area (Å²) in [6.45, 7) is -0.0550. The van der Waals surface area contributed by atoms with Crippen LogP contribution < -0.4 is 16.8 Å². The third kappa shape index (κ3) is 5.94.